The van der Waals surface area contributed by atoms with Crippen molar-refractivity contribution in [1.29, 1.82) is 0 Å². The Balaban J connectivity index is 1.39. The predicted molar refractivity (Wildman–Crippen MR) is 134 cm³/mol. The zero-order valence-corrected chi connectivity index (χ0v) is 18.9. The third kappa shape index (κ3) is 4.09. The molecular formula is C26H19F2N5O3. The van der Waals surface area contributed by atoms with Gasteiger partial charge < -0.3 is 16.0 Å². The molecule has 180 valence electrons. The molecule has 0 spiro atoms. The van der Waals surface area contributed by atoms with E-state index in [2.05, 4.69) is 26.1 Å². The summed E-state index contributed by atoms with van der Waals surface area (Å²) in [5.74, 6) is -2.08. The maximum absolute atomic E-state index is 14.2. The Morgan fingerprint density at radius 3 is 2.47 bits per heavy atom. The van der Waals surface area contributed by atoms with Gasteiger partial charge in [-0.25, -0.2) is 8.78 Å². The van der Waals surface area contributed by atoms with Crippen molar-refractivity contribution in [2.75, 3.05) is 16.0 Å². The van der Waals surface area contributed by atoms with Crippen molar-refractivity contribution in [3.8, 4) is 0 Å². The number of halogens is 2. The van der Waals surface area contributed by atoms with Gasteiger partial charge in [0.15, 0.2) is 17.5 Å². The van der Waals surface area contributed by atoms with Crippen LogP contribution in [0.25, 0.3) is 10.9 Å². The topological polar surface area (TPSA) is 116 Å². The van der Waals surface area contributed by atoms with Gasteiger partial charge in [0.1, 0.15) is 11.4 Å². The second kappa shape index (κ2) is 9.06. The van der Waals surface area contributed by atoms with E-state index in [1.807, 2.05) is 0 Å². The highest BCUT2D eigenvalue weighted by Crippen LogP contribution is 2.30. The molecule has 0 aliphatic heterocycles. The number of aromatic amines is 1. The molecule has 8 nitrogen and oxygen atoms in total. The van der Waals surface area contributed by atoms with E-state index >= 15 is 0 Å². The van der Waals surface area contributed by atoms with Crippen LogP contribution in [0.15, 0.2) is 76.3 Å². The van der Waals surface area contributed by atoms with Gasteiger partial charge in [0.05, 0.1) is 11.6 Å². The van der Waals surface area contributed by atoms with Gasteiger partial charge >= 0.3 is 0 Å². The number of H-pyrrole nitrogens is 1. The number of rotatable bonds is 7. The summed E-state index contributed by atoms with van der Waals surface area (Å²) < 4.78 is 27.8. The lowest BCUT2D eigenvalue weighted by molar-refractivity contribution is 0.102. The molecule has 4 N–H and O–H groups in total. The number of hydrogen-bond acceptors (Lipinski definition) is 6. The Kier molecular flexibility index (Phi) is 5.77. The van der Waals surface area contributed by atoms with Crippen molar-refractivity contribution in [2.24, 2.45) is 0 Å². The van der Waals surface area contributed by atoms with Gasteiger partial charge in [-0.3, -0.25) is 19.5 Å². The highest BCUT2D eigenvalue weighted by Gasteiger charge is 2.24. The predicted octanol–water partition coefficient (Wildman–Crippen LogP) is 4.61. The molecule has 10 heteroatoms. The van der Waals surface area contributed by atoms with E-state index < -0.39 is 28.5 Å². The van der Waals surface area contributed by atoms with E-state index in [9.17, 15) is 23.2 Å². The molecule has 0 saturated heterocycles. The van der Waals surface area contributed by atoms with Crippen molar-refractivity contribution in [3.63, 3.8) is 0 Å². The van der Waals surface area contributed by atoms with Crippen LogP contribution in [-0.2, 0) is 0 Å². The Labute approximate surface area is 202 Å². The summed E-state index contributed by atoms with van der Waals surface area (Å²) in [6, 6.07) is 16.7. The molecule has 36 heavy (non-hydrogen) atoms. The fourth-order valence-corrected chi connectivity index (χ4v) is 3.90. The van der Waals surface area contributed by atoms with Crippen LogP contribution in [0.3, 0.4) is 0 Å². The first-order valence-electron chi connectivity index (χ1n) is 11.0. The van der Waals surface area contributed by atoms with Gasteiger partial charge in [0.2, 0.25) is 0 Å². The lowest BCUT2D eigenvalue weighted by atomic mass is 10.1. The summed E-state index contributed by atoms with van der Waals surface area (Å²) in [5, 5.41) is 16.0. The number of aromatic nitrogens is 2. The Bertz CT molecular complexity index is 1670. The minimum Gasteiger partial charge on any atom is -0.373 e. The van der Waals surface area contributed by atoms with Gasteiger partial charge in [0.25, 0.3) is 16.8 Å². The highest BCUT2D eigenvalue weighted by atomic mass is 19.2. The molecule has 0 saturated carbocycles. The van der Waals surface area contributed by atoms with Crippen LogP contribution in [0.4, 0.5) is 31.7 Å². The smallest absolute Gasteiger partial charge is 0.256 e. The molecule has 0 radical (unpaired) electrons. The minimum atomic E-state index is -1.03. The van der Waals surface area contributed by atoms with Crippen LogP contribution in [0.1, 0.15) is 28.9 Å². The van der Waals surface area contributed by atoms with Crippen LogP contribution >= 0.6 is 0 Å². The lowest BCUT2D eigenvalue weighted by Gasteiger charge is -2.20. The van der Waals surface area contributed by atoms with Crippen molar-refractivity contribution < 1.29 is 13.6 Å². The second-order valence-electron chi connectivity index (χ2n) is 8.20. The summed E-state index contributed by atoms with van der Waals surface area (Å²) in [6.45, 7) is 1.55. The largest absolute Gasteiger partial charge is 0.373 e. The molecule has 5 aromatic rings. The molecule has 0 unspecified atom stereocenters. The van der Waals surface area contributed by atoms with E-state index in [4.69, 9.17) is 0 Å². The third-order valence-corrected chi connectivity index (χ3v) is 5.82. The molecular weight excluding hydrogens is 468 g/mol. The Hall–Kier alpha value is -4.86. The minimum absolute atomic E-state index is 0.00128. The molecule has 1 atom stereocenters. The fraction of sp³-hybridized carbons (Fsp3) is 0.0769. The zero-order chi connectivity index (χ0) is 25.4. The number of benzene rings is 3. The zero-order valence-electron chi connectivity index (χ0n) is 18.9. The molecule has 0 bridgehead atoms. The van der Waals surface area contributed by atoms with E-state index in [0.717, 1.165) is 6.07 Å². The third-order valence-electron chi connectivity index (χ3n) is 5.82. The van der Waals surface area contributed by atoms with Crippen molar-refractivity contribution in [1.82, 2.24) is 10.2 Å². The summed E-state index contributed by atoms with van der Waals surface area (Å²) in [7, 11) is 0. The maximum atomic E-state index is 14.2. The van der Waals surface area contributed by atoms with Crippen LogP contribution in [0.2, 0.25) is 0 Å². The molecule has 5 rings (SSSR count). The first-order valence-corrected chi connectivity index (χ1v) is 11.0. The van der Waals surface area contributed by atoms with Crippen LogP contribution in [-0.4, -0.2) is 16.1 Å². The average molecular weight is 487 g/mol. The summed E-state index contributed by atoms with van der Waals surface area (Å²) in [5.41, 5.74) is 0.0539. The molecule has 0 aliphatic carbocycles. The van der Waals surface area contributed by atoms with Gasteiger partial charge in [-0.15, -0.1) is 0 Å². The second-order valence-corrected chi connectivity index (χ2v) is 8.20. The van der Waals surface area contributed by atoms with Gasteiger partial charge in [0, 0.05) is 22.2 Å². The van der Waals surface area contributed by atoms with E-state index in [1.54, 1.807) is 55.5 Å². The molecule has 4 aromatic carbocycles. The van der Waals surface area contributed by atoms with Gasteiger partial charge in [-0.1, -0.05) is 30.3 Å². The van der Waals surface area contributed by atoms with Gasteiger partial charge in [-0.05, 0) is 43.3 Å². The number of fused-ring (bicyclic) bond motifs is 1. The van der Waals surface area contributed by atoms with Crippen LogP contribution in [0, 0.1) is 11.6 Å². The number of carbonyl (C=O) groups excluding carboxylic acids is 1. The highest BCUT2D eigenvalue weighted by molar-refractivity contribution is 6.08. The molecule has 1 heterocycles. The molecule has 1 aromatic heterocycles. The van der Waals surface area contributed by atoms with Crippen molar-refractivity contribution >= 4 is 39.7 Å². The molecule has 1 amide bonds. The number of nitrogens with zero attached hydrogens (tertiary/aromatic N) is 1. The number of nitrogens with one attached hydrogen (secondary N) is 4. The summed E-state index contributed by atoms with van der Waals surface area (Å²) in [6.07, 6.45) is 0. The summed E-state index contributed by atoms with van der Waals surface area (Å²) >= 11 is 0. The Morgan fingerprint density at radius 1 is 0.944 bits per heavy atom. The first kappa shape index (κ1) is 22.9. The quantitative estimate of drug-likeness (QED) is 0.249. The molecule has 0 aliphatic rings. The SMILES string of the molecule is C[C@@H](Nc1c(Nc2ccc3[nH]nc(NC(=O)c4ccccc4)c3c2)c(=O)c1=O)c1cccc(F)c1F. The number of anilines is 4. The lowest BCUT2D eigenvalue weighted by Crippen LogP contribution is -2.37. The number of hydrogen-bond donors (Lipinski definition) is 4. The van der Waals surface area contributed by atoms with E-state index in [0.29, 0.717) is 28.0 Å². The van der Waals surface area contributed by atoms with Gasteiger partial charge in [-0.2, -0.15) is 5.10 Å². The molecule has 0 fully saturated rings. The normalized spacial score (nSPS) is 12.0. The van der Waals surface area contributed by atoms with Crippen LogP contribution < -0.4 is 26.8 Å². The van der Waals surface area contributed by atoms with Crippen molar-refractivity contribution in [2.45, 2.75) is 13.0 Å². The summed E-state index contributed by atoms with van der Waals surface area (Å²) in [4.78, 5) is 37.0. The average Bonchev–Trinajstić information content (AvgIpc) is 3.29. The standard InChI is InChI=1S/C26H19F2N5O3/c1-13(16-8-5-9-18(27)20(16)28)29-21-22(24(35)23(21)34)30-15-10-11-19-17(12-15)25(33-32-19)31-26(36)14-6-3-2-4-7-14/h2-13,29-30H,1H3,(H2,31,32,33,36)/t13-/m1/s1. The maximum Gasteiger partial charge on any atom is 0.256 e. The Morgan fingerprint density at radius 2 is 1.69 bits per heavy atom. The van der Waals surface area contributed by atoms with Crippen LogP contribution in [0.5, 0.6) is 0 Å². The fourth-order valence-electron chi connectivity index (χ4n) is 3.90. The monoisotopic (exact) mass is 487 g/mol. The van der Waals surface area contributed by atoms with E-state index in [-0.39, 0.29) is 22.8 Å². The number of amides is 1. The van der Waals surface area contributed by atoms with Crippen molar-refractivity contribution in [3.05, 3.63) is 110 Å². The van der Waals surface area contributed by atoms with E-state index in [1.165, 1.54) is 12.1 Å². The number of carbonyl (C=O) groups is 1. The first-order chi connectivity index (χ1) is 17.3.